The second-order valence-corrected chi connectivity index (χ2v) is 3.68. The van der Waals surface area contributed by atoms with Gasteiger partial charge in [-0.25, -0.2) is 4.39 Å². The molecule has 0 bridgehead atoms. The molecule has 0 saturated heterocycles. The monoisotopic (exact) mass is 237 g/mol. The average Bonchev–Trinajstić information content (AvgIpc) is 2.28. The third-order valence-electron chi connectivity index (χ3n) is 2.42. The Morgan fingerprint density at radius 2 is 2.24 bits per heavy atom. The van der Waals surface area contributed by atoms with Gasteiger partial charge < -0.3 is 4.90 Å². The zero-order chi connectivity index (χ0) is 13.0. The third kappa shape index (κ3) is 2.91. The van der Waals surface area contributed by atoms with E-state index in [1.54, 1.807) is 18.9 Å². The fourth-order valence-electron chi connectivity index (χ4n) is 1.45. The lowest BCUT2D eigenvalue weighted by Gasteiger charge is -2.18. The molecule has 0 aromatic heterocycles. The number of nitriles is 1. The summed E-state index contributed by atoms with van der Waals surface area (Å²) in [7, 11) is 1.64. The molecule has 0 heterocycles. The summed E-state index contributed by atoms with van der Waals surface area (Å²) in [5, 5.41) is 19.3. The predicted octanol–water partition coefficient (Wildman–Crippen LogP) is 2.39. The SMILES string of the molecule is Cc1cc(N(C)CCC#N)c([N+](=O)[O-])cc1F. The van der Waals surface area contributed by atoms with E-state index in [4.69, 9.17) is 5.26 Å². The smallest absolute Gasteiger partial charge is 0.295 e. The van der Waals surface area contributed by atoms with Crippen LogP contribution in [0.3, 0.4) is 0 Å². The standard InChI is InChI=1S/C11H12FN3O2/c1-8-6-10(14(2)5-3-4-13)11(15(16)17)7-9(8)12/h6-7H,3,5H2,1-2H3. The highest BCUT2D eigenvalue weighted by atomic mass is 19.1. The summed E-state index contributed by atoms with van der Waals surface area (Å²) >= 11 is 0. The van der Waals surface area contributed by atoms with E-state index in [1.165, 1.54) is 6.07 Å². The molecule has 0 aliphatic rings. The van der Waals surface area contributed by atoms with Crippen LogP contribution in [0.15, 0.2) is 12.1 Å². The lowest BCUT2D eigenvalue weighted by molar-refractivity contribution is -0.384. The van der Waals surface area contributed by atoms with Crippen molar-refractivity contribution in [2.45, 2.75) is 13.3 Å². The molecule has 90 valence electrons. The van der Waals surface area contributed by atoms with Crippen LogP contribution in [0.4, 0.5) is 15.8 Å². The lowest BCUT2D eigenvalue weighted by atomic mass is 10.1. The van der Waals surface area contributed by atoms with Gasteiger partial charge in [-0.3, -0.25) is 10.1 Å². The van der Waals surface area contributed by atoms with E-state index >= 15 is 0 Å². The number of rotatable bonds is 4. The van der Waals surface area contributed by atoms with E-state index in [0.717, 1.165) is 6.07 Å². The van der Waals surface area contributed by atoms with Gasteiger partial charge in [-0.1, -0.05) is 0 Å². The minimum atomic E-state index is -0.624. The fraction of sp³-hybridized carbons (Fsp3) is 0.364. The Balaban J connectivity index is 3.17. The molecule has 0 amide bonds. The topological polar surface area (TPSA) is 70.2 Å². The van der Waals surface area contributed by atoms with Gasteiger partial charge in [-0.2, -0.15) is 5.26 Å². The molecule has 0 saturated carbocycles. The molecule has 0 atom stereocenters. The molecule has 1 rings (SSSR count). The molecule has 0 radical (unpaired) electrons. The van der Waals surface area contributed by atoms with Crippen molar-refractivity contribution in [3.05, 3.63) is 33.6 Å². The first-order valence-corrected chi connectivity index (χ1v) is 5.00. The second-order valence-electron chi connectivity index (χ2n) is 3.68. The summed E-state index contributed by atoms with van der Waals surface area (Å²) in [5.41, 5.74) is 0.382. The quantitative estimate of drug-likeness (QED) is 0.595. The van der Waals surface area contributed by atoms with Crippen LogP contribution in [0, 0.1) is 34.2 Å². The highest BCUT2D eigenvalue weighted by molar-refractivity contribution is 5.64. The van der Waals surface area contributed by atoms with Crippen LogP contribution in [-0.4, -0.2) is 18.5 Å². The van der Waals surface area contributed by atoms with E-state index < -0.39 is 10.7 Å². The zero-order valence-electron chi connectivity index (χ0n) is 9.61. The van der Waals surface area contributed by atoms with Gasteiger partial charge in [0.1, 0.15) is 11.5 Å². The summed E-state index contributed by atoms with van der Waals surface area (Å²) in [6.45, 7) is 1.91. The van der Waals surface area contributed by atoms with Crippen molar-refractivity contribution in [2.24, 2.45) is 0 Å². The summed E-state index contributed by atoms with van der Waals surface area (Å²) < 4.78 is 13.3. The Morgan fingerprint density at radius 1 is 1.59 bits per heavy atom. The number of hydrogen-bond donors (Lipinski definition) is 0. The van der Waals surface area contributed by atoms with E-state index in [0.29, 0.717) is 17.8 Å². The number of nitro groups is 1. The number of benzene rings is 1. The van der Waals surface area contributed by atoms with Crippen LogP contribution in [0.2, 0.25) is 0 Å². The number of nitro benzene ring substituents is 1. The maximum atomic E-state index is 13.3. The van der Waals surface area contributed by atoms with Gasteiger partial charge in [0.15, 0.2) is 0 Å². The van der Waals surface area contributed by atoms with Crippen molar-refractivity contribution in [1.82, 2.24) is 0 Å². The number of halogens is 1. The van der Waals surface area contributed by atoms with Crippen LogP contribution >= 0.6 is 0 Å². The van der Waals surface area contributed by atoms with Gasteiger partial charge in [0.05, 0.1) is 23.5 Å². The molecule has 6 heteroatoms. The summed E-state index contributed by atoms with van der Waals surface area (Å²) in [6.07, 6.45) is 0.254. The van der Waals surface area contributed by atoms with E-state index in [9.17, 15) is 14.5 Å². The molecule has 0 unspecified atom stereocenters. The zero-order valence-corrected chi connectivity index (χ0v) is 9.61. The summed E-state index contributed by atoms with van der Waals surface area (Å²) in [4.78, 5) is 11.8. The van der Waals surface area contributed by atoms with Gasteiger partial charge >= 0.3 is 0 Å². The Morgan fingerprint density at radius 3 is 2.76 bits per heavy atom. The second kappa shape index (κ2) is 5.25. The van der Waals surface area contributed by atoms with Crippen LogP contribution in [0.1, 0.15) is 12.0 Å². The fourth-order valence-corrected chi connectivity index (χ4v) is 1.45. The molecule has 0 aliphatic heterocycles. The molecule has 1 aromatic carbocycles. The molecular weight excluding hydrogens is 225 g/mol. The maximum Gasteiger partial charge on any atom is 0.295 e. The van der Waals surface area contributed by atoms with Crippen LogP contribution < -0.4 is 4.90 Å². The Labute approximate surface area is 98.2 Å². The molecule has 0 N–H and O–H groups in total. The van der Waals surface area contributed by atoms with Gasteiger partial charge in [0.2, 0.25) is 0 Å². The van der Waals surface area contributed by atoms with Crippen molar-refractivity contribution in [3.63, 3.8) is 0 Å². The van der Waals surface area contributed by atoms with Gasteiger partial charge in [-0.05, 0) is 18.6 Å². The lowest BCUT2D eigenvalue weighted by Crippen LogP contribution is -2.19. The number of hydrogen-bond acceptors (Lipinski definition) is 4. The molecular formula is C11H12FN3O2. The minimum Gasteiger partial charge on any atom is -0.368 e. The van der Waals surface area contributed by atoms with Gasteiger partial charge in [-0.15, -0.1) is 0 Å². The molecule has 0 spiro atoms. The van der Waals surface area contributed by atoms with Crippen molar-refractivity contribution >= 4 is 11.4 Å². The Hall–Kier alpha value is -2.16. The molecule has 1 aromatic rings. The molecule has 0 fully saturated rings. The van der Waals surface area contributed by atoms with E-state index in [1.807, 2.05) is 6.07 Å². The number of anilines is 1. The van der Waals surface area contributed by atoms with E-state index in [2.05, 4.69) is 0 Å². The minimum absolute atomic E-state index is 0.254. The average molecular weight is 237 g/mol. The first kappa shape index (κ1) is 12.9. The first-order chi connectivity index (χ1) is 7.97. The number of aryl methyl sites for hydroxylation is 1. The first-order valence-electron chi connectivity index (χ1n) is 5.00. The van der Waals surface area contributed by atoms with Crippen LogP contribution in [0.5, 0.6) is 0 Å². The van der Waals surface area contributed by atoms with Gasteiger partial charge in [0, 0.05) is 13.6 Å². The van der Waals surface area contributed by atoms with E-state index in [-0.39, 0.29) is 12.1 Å². The Bertz CT molecular complexity index is 482. The summed E-state index contributed by atoms with van der Waals surface area (Å²) in [5.74, 6) is -0.603. The van der Waals surface area contributed by atoms with Gasteiger partial charge in [0.25, 0.3) is 5.69 Å². The number of nitrogens with zero attached hydrogens (tertiary/aromatic N) is 3. The third-order valence-corrected chi connectivity index (χ3v) is 2.42. The van der Waals surface area contributed by atoms with Crippen LogP contribution in [-0.2, 0) is 0 Å². The van der Waals surface area contributed by atoms with Crippen LogP contribution in [0.25, 0.3) is 0 Å². The van der Waals surface area contributed by atoms with Crippen molar-refractivity contribution < 1.29 is 9.31 Å². The highest BCUT2D eigenvalue weighted by Gasteiger charge is 2.19. The molecule has 5 nitrogen and oxygen atoms in total. The largest absolute Gasteiger partial charge is 0.368 e. The normalized spacial score (nSPS) is 9.76. The molecule has 17 heavy (non-hydrogen) atoms. The van der Waals surface area contributed by atoms with Crippen molar-refractivity contribution in [3.8, 4) is 6.07 Å². The predicted molar refractivity (Wildman–Crippen MR) is 61.3 cm³/mol. The molecule has 0 aliphatic carbocycles. The summed E-state index contributed by atoms with van der Waals surface area (Å²) in [6, 6.07) is 4.29. The maximum absolute atomic E-state index is 13.3. The van der Waals surface area contributed by atoms with Crippen molar-refractivity contribution in [1.29, 1.82) is 5.26 Å². The Kier molecular flexibility index (Phi) is 3.99. The highest BCUT2D eigenvalue weighted by Crippen LogP contribution is 2.30. The van der Waals surface area contributed by atoms with Crippen molar-refractivity contribution in [2.75, 3.05) is 18.5 Å².